The number of aliphatic hydroxyl groups is 5. The van der Waals surface area contributed by atoms with Crippen molar-refractivity contribution in [2.24, 2.45) is 0 Å². The Labute approximate surface area is 95.8 Å². The van der Waals surface area contributed by atoms with Gasteiger partial charge in [0.2, 0.25) is 0 Å². The Morgan fingerprint density at radius 2 is 1.53 bits per heavy atom. The maximum Gasteiger partial charge on any atom is 0.499 e. The normalized spacial score (nSPS) is 22.5. The van der Waals surface area contributed by atoms with E-state index in [1.807, 2.05) is 0 Å². The van der Waals surface area contributed by atoms with Crippen LogP contribution in [-0.2, 0) is 13.8 Å². The molecule has 1 unspecified atom stereocenters. The monoisotopic (exact) mass is 278 g/mol. The first-order chi connectivity index (χ1) is 7.75. The molecule has 10 nitrogen and oxygen atoms in total. The summed E-state index contributed by atoms with van der Waals surface area (Å²) in [6, 6.07) is 0. The predicted octanol–water partition coefficient (Wildman–Crippen LogP) is -2.97. The van der Waals surface area contributed by atoms with Crippen LogP contribution in [0.5, 0.6) is 0 Å². The van der Waals surface area contributed by atoms with Crippen molar-refractivity contribution in [3.8, 4) is 0 Å². The molecule has 0 aromatic carbocycles. The molecule has 0 aromatic heterocycles. The third kappa shape index (κ3) is 5.84. The number of hydrogen-bond donors (Lipinski definition) is 7. The van der Waals surface area contributed by atoms with Crippen molar-refractivity contribution in [3.05, 3.63) is 0 Å². The molecular weight excluding hydrogens is 263 g/mol. The maximum absolute atomic E-state index is 10.6. The molecule has 0 spiro atoms. The van der Waals surface area contributed by atoms with E-state index in [-0.39, 0.29) is 0 Å². The van der Waals surface area contributed by atoms with Crippen LogP contribution in [0.15, 0.2) is 0 Å². The second kappa shape index (κ2) is 7.34. The lowest BCUT2D eigenvalue weighted by Gasteiger charge is -2.25. The molecule has 11 heteroatoms. The van der Waals surface area contributed by atoms with Gasteiger partial charge in [-0.2, -0.15) is 0 Å². The van der Waals surface area contributed by atoms with Crippen molar-refractivity contribution < 1.29 is 49.4 Å². The lowest BCUT2D eigenvalue weighted by Crippen LogP contribution is -2.47. The Kier molecular flexibility index (Phi) is 7.28. The summed E-state index contributed by atoms with van der Waals surface area (Å²) >= 11 is 0. The third-order valence-corrected chi connectivity index (χ3v) is 2.52. The quantitative estimate of drug-likeness (QED) is 0.138. The second-order valence-electron chi connectivity index (χ2n) is 3.14. The van der Waals surface area contributed by atoms with Crippen LogP contribution in [0.3, 0.4) is 0 Å². The van der Waals surface area contributed by atoms with Crippen LogP contribution in [0.4, 0.5) is 0 Å². The van der Waals surface area contributed by atoms with Gasteiger partial charge in [-0.25, -0.2) is 9.82 Å². The molecule has 17 heavy (non-hydrogen) atoms. The van der Waals surface area contributed by atoms with E-state index in [0.29, 0.717) is 0 Å². The zero-order valence-corrected chi connectivity index (χ0v) is 9.42. The fourth-order valence-electron chi connectivity index (χ4n) is 0.856. The average Bonchev–Trinajstić information content (AvgIpc) is 2.33. The highest BCUT2D eigenvalue weighted by Gasteiger charge is 2.32. The molecule has 0 bridgehead atoms. The molecule has 0 heterocycles. The van der Waals surface area contributed by atoms with Gasteiger partial charge >= 0.3 is 7.82 Å². The largest absolute Gasteiger partial charge is 0.499 e. The van der Waals surface area contributed by atoms with Crippen LogP contribution in [-0.4, -0.2) is 73.3 Å². The van der Waals surface area contributed by atoms with Crippen LogP contribution in [0, 0.1) is 0 Å². The lowest BCUT2D eigenvalue weighted by atomic mass is 10.0. The summed E-state index contributed by atoms with van der Waals surface area (Å²) < 4.78 is 17.6. The Morgan fingerprint density at radius 3 is 1.94 bits per heavy atom. The molecular formula is C6H15O10P. The van der Waals surface area contributed by atoms with Crippen LogP contribution in [0.1, 0.15) is 0 Å². The molecule has 0 aliphatic carbocycles. The predicted molar refractivity (Wildman–Crippen MR) is 50.6 cm³/mol. The Hall–Kier alpha value is -0.130. The lowest BCUT2D eigenvalue weighted by molar-refractivity contribution is -0.168. The summed E-state index contributed by atoms with van der Waals surface area (Å²) in [5, 5.41) is 52.9. The van der Waals surface area contributed by atoms with Gasteiger partial charge in [0.15, 0.2) is 0 Å². The van der Waals surface area contributed by atoms with Crippen molar-refractivity contribution in [1.29, 1.82) is 0 Å². The highest BCUT2D eigenvalue weighted by atomic mass is 31.2. The van der Waals surface area contributed by atoms with Gasteiger partial charge in [-0.1, -0.05) is 0 Å². The van der Waals surface area contributed by atoms with Gasteiger partial charge < -0.3 is 30.4 Å². The molecule has 0 aliphatic heterocycles. The smallest absolute Gasteiger partial charge is 0.394 e. The van der Waals surface area contributed by atoms with Gasteiger partial charge in [-0.15, -0.1) is 4.67 Å². The first kappa shape index (κ1) is 16.9. The summed E-state index contributed by atoms with van der Waals surface area (Å²) in [6.45, 7) is -1.81. The third-order valence-electron chi connectivity index (χ3n) is 1.84. The van der Waals surface area contributed by atoms with Gasteiger partial charge in [-0.3, -0.25) is 4.52 Å². The van der Waals surface area contributed by atoms with E-state index in [1.54, 1.807) is 0 Å². The Bertz CT molecular complexity index is 259. The highest BCUT2D eigenvalue weighted by Crippen LogP contribution is 2.41. The maximum atomic E-state index is 10.6. The van der Waals surface area contributed by atoms with Crippen molar-refractivity contribution in [2.75, 3.05) is 13.2 Å². The Morgan fingerprint density at radius 1 is 1.06 bits per heavy atom. The zero-order chi connectivity index (χ0) is 13.6. The molecule has 0 saturated carbocycles. The molecule has 104 valence electrons. The average molecular weight is 278 g/mol. The topological polar surface area (TPSA) is 177 Å². The van der Waals surface area contributed by atoms with Crippen LogP contribution in [0.25, 0.3) is 0 Å². The molecule has 0 amide bonds. The van der Waals surface area contributed by atoms with Gasteiger partial charge in [0.25, 0.3) is 0 Å². The number of phosphoric ester groups is 1. The summed E-state index contributed by atoms with van der Waals surface area (Å²) in [6.07, 6.45) is -7.36. The Balaban J connectivity index is 4.23. The molecule has 0 fully saturated rings. The molecule has 0 saturated heterocycles. The molecule has 0 aromatic rings. The summed E-state index contributed by atoms with van der Waals surface area (Å²) in [7, 11) is -4.74. The van der Waals surface area contributed by atoms with Crippen LogP contribution in [0.2, 0.25) is 0 Å². The van der Waals surface area contributed by atoms with E-state index in [9.17, 15) is 14.8 Å². The molecule has 7 N–H and O–H groups in total. The minimum atomic E-state index is -4.74. The molecule has 0 rings (SSSR count). The molecule has 0 aliphatic rings. The van der Waals surface area contributed by atoms with Gasteiger partial charge in [0.1, 0.15) is 24.4 Å². The highest BCUT2D eigenvalue weighted by molar-refractivity contribution is 7.47. The van der Waals surface area contributed by atoms with E-state index >= 15 is 0 Å². The van der Waals surface area contributed by atoms with Crippen molar-refractivity contribution in [2.45, 2.75) is 24.4 Å². The standard InChI is InChI=1S/C6H15O10P/c7-1-3(8)5(10)6(11)4(9)2-15-17(13,14)16-12/h3-12H,1-2H2,(H,13,14)/t3-,4+,5+,6+/m0/s1. The SMILES string of the molecule is O=P(O)(OO)OC[C@@H](O)[C@@H](O)[C@H](O)[C@@H](O)CO. The van der Waals surface area contributed by atoms with E-state index in [1.165, 1.54) is 0 Å². The van der Waals surface area contributed by atoms with E-state index in [0.717, 1.165) is 0 Å². The van der Waals surface area contributed by atoms with E-state index in [2.05, 4.69) is 9.20 Å². The van der Waals surface area contributed by atoms with Crippen molar-refractivity contribution in [3.63, 3.8) is 0 Å². The number of phosphoric acid groups is 1. The van der Waals surface area contributed by atoms with Crippen LogP contribution >= 0.6 is 7.82 Å². The minimum Gasteiger partial charge on any atom is -0.394 e. The first-order valence-electron chi connectivity index (χ1n) is 4.38. The van der Waals surface area contributed by atoms with E-state index < -0.39 is 45.5 Å². The summed E-state index contributed by atoms with van der Waals surface area (Å²) in [5.74, 6) is 0. The van der Waals surface area contributed by atoms with Gasteiger partial charge in [0.05, 0.1) is 13.2 Å². The molecule has 5 atom stereocenters. The van der Waals surface area contributed by atoms with Crippen molar-refractivity contribution >= 4 is 7.82 Å². The second-order valence-corrected chi connectivity index (χ2v) is 4.50. The van der Waals surface area contributed by atoms with Gasteiger partial charge in [-0.05, 0) is 0 Å². The number of hydrogen-bond acceptors (Lipinski definition) is 9. The summed E-state index contributed by atoms with van der Waals surface area (Å²) in [5.41, 5.74) is 0. The van der Waals surface area contributed by atoms with Crippen LogP contribution < -0.4 is 0 Å². The fraction of sp³-hybridized carbons (Fsp3) is 1.00. The van der Waals surface area contributed by atoms with E-state index in [4.69, 9.17) is 25.5 Å². The summed E-state index contributed by atoms with van der Waals surface area (Å²) in [4.78, 5) is 8.56. The van der Waals surface area contributed by atoms with Crippen molar-refractivity contribution in [1.82, 2.24) is 0 Å². The first-order valence-corrected chi connectivity index (χ1v) is 5.88. The fourth-order valence-corrected chi connectivity index (χ4v) is 1.24. The van der Waals surface area contributed by atoms with Gasteiger partial charge in [0, 0.05) is 0 Å². The number of aliphatic hydroxyl groups excluding tert-OH is 5. The minimum absolute atomic E-state index is 0.857. The number of rotatable bonds is 8. The molecule has 0 radical (unpaired) electrons. The zero-order valence-electron chi connectivity index (χ0n) is 8.53.